The van der Waals surface area contributed by atoms with Gasteiger partial charge in [0.25, 0.3) is 0 Å². The standard InChI is InChI=1S/C17H18F2N2O2S/c1-11-5-3-4-6-13(11)21-17(24)20-10-12-7-8-14(23-16(18)19)15(9-12)22-2/h3-9,16H,10H2,1-2H3,(H2,20,21,24). The Labute approximate surface area is 144 Å². The van der Waals surface area contributed by atoms with Crippen LogP contribution in [-0.4, -0.2) is 18.8 Å². The van der Waals surface area contributed by atoms with Gasteiger partial charge in [-0.3, -0.25) is 0 Å². The molecule has 128 valence electrons. The minimum atomic E-state index is -2.89. The second-order valence-electron chi connectivity index (χ2n) is 4.99. The van der Waals surface area contributed by atoms with Crippen LogP contribution in [0.15, 0.2) is 42.5 Å². The first kappa shape index (κ1) is 17.9. The first-order chi connectivity index (χ1) is 11.5. The van der Waals surface area contributed by atoms with Gasteiger partial charge in [0.15, 0.2) is 16.6 Å². The maximum Gasteiger partial charge on any atom is 0.387 e. The molecule has 0 saturated carbocycles. The van der Waals surface area contributed by atoms with E-state index in [0.29, 0.717) is 11.7 Å². The first-order valence-electron chi connectivity index (χ1n) is 7.22. The number of methoxy groups -OCH3 is 1. The van der Waals surface area contributed by atoms with E-state index in [1.54, 1.807) is 12.1 Å². The van der Waals surface area contributed by atoms with E-state index < -0.39 is 6.61 Å². The summed E-state index contributed by atoms with van der Waals surface area (Å²) in [5.74, 6) is 0.240. The molecule has 0 spiro atoms. The van der Waals surface area contributed by atoms with Crippen LogP contribution in [0.4, 0.5) is 14.5 Å². The molecular formula is C17H18F2N2O2S. The number of hydrogen-bond donors (Lipinski definition) is 2. The molecule has 0 amide bonds. The van der Waals surface area contributed by atoms with Gasteiger partial charge in [0.2, 0.25) is 0 Å². The fraction of sp³-hybridized carbons (Fsp3) is 0.235. The van der Waals surface area contributed by atoms with Gasteiger partial charge in [-0.15, -0.1) is 0 Å². The zero-order chi connectivity index (χ0) is 17.5. The Bertz CT molecular complexity index is 711. The number of anilines is 1. The Morgan fingerprint density at radius 2 is 1.92 bits per heavy atom. The van der Waals surface area contributed by atoms with Crippen molar-refractivity contribution in [3.63, 3.8) is 0 Å². The summed E-state index contributed by atoms with van der Waals surface area (Å²) >= 11 is 5.26. The summed E-state index contributed by atoms with van der Waals surface area (Å²) in [6.07, 6.45) is 0. The van der Waals surface area contributed by atoms with Gasteiger partial charge in [-0.05, 0) is 48.5 Å². The van der Waals surface area contributed by atoms with Crippen molar-refractivity contribution in [3.8, 4) is 11.5 Å². The quantitative estimate of drug-likeness (QED) is 0.767. The molecule has 4 nitrogen and oxygen atoms in total. The lowest BCUT2D eigenvalue weighted by Crippen LogP contribution is -2.28. The molecule has 0 fully saturated rings. The number of aryl methyl sites for hydroxylation is 1. The lowest BCUT2D eigenvalue weighted by Gasteiger charge is -2.14. The van der Waals surface area contributed by atoms with Gasteiger partial charge in [0.1, 0.15) is 0 Å². The predicted molar refractivity (Wildman–Crippen MR) is 93.9 cm³/mol. The largest absolute Gasteiger partial charge is 0.493 e. The van der Waals surface area contributed by atoms with Gasteiger partial charge in [0, 0.05) is 12.2 Å². The third-order valence-corrected chi connectivity index (χ3v) is 3.54. The highest BCUT2D eigenvalue weighted by Gasteiger charge is 2.11. The Morgan fingerprint density at radius 3 is 2.58 bits per heavy atom. The number of benzene rings is 2. The topological polar surface area (TPSA) is 42.5 Å². The van der Waals surface area contributed by atoms with Crippen molar-refractivity contribution < 1.29 is 18.3 Å². The SMILES string of the molecule is COc1cc(CNC(=S)Nc2ccccc2C)ccc1OC(F)F. The Balaban J connectivity index is 1.96. The molecule has 0 aromatic heterocycles. The maximum atomic E-state index is 12.3. The van der Waals surface area contributed by atoms with Crippen molar-refractivity contribution in [2.45, 2.75) is 20.1 Å². The molecule has 0 heterocycles. The van der Waals surface area contributed by atoms with Crippen LogP contribution in [0.25, 0.3) is 0 Å². The van der Waals surface area contributed by atoms with Crippen molar-refractivity contribution in [2.75, 3.05) is 12.4 Å². The number of hydrogen-bond acceptors (Lipinski definition) is 3. The highest BCUT2D eigenvalue weighted by Crippen LogP contribution is 2.29. The number of ether oxygens (including phenoxy) is 2. The van der Waals surface area contributed by atoms with Crippen LogP contribution in [0.5, 0.6) is 11.5 Å². The molecule has 0 atom stereocenters. The number of alkyl halides is 2. The summed E-state index contributed by atoms with van der Waals surface area (Å²) in [5.41, 5.74) is 2.83. The summed E-state index contributed by atoms with van der Waals surface area (Å²) in [6, 6.07) is 12.5. The summed E-state index contributed by atoms with van der Waals surface area (Å²) in [4.78, 5) is 0. The van der Waals surface area contributed by atoms with Crippen LogP contribution in [0.3, 0.4) is 0 Å². The van der Waals surface area contributed by atoms with Gasteiger partial charge in [-0.2, -0.15) is 8.78 Å². The molecule has 0 bridgehead atoms. The smallest absolute Gasteiger partial charge is 0.387 e. The highest BCUT2D eigenvalue weighted by atomic mass is 32.1. The Morgan fingerprint density at radius 1 is 1.17 bits per heavy atom. The number of nitrogens with one attached hydrogen (secondary N) is 2. The van der Waals surface area contributed by atoms with Crippen LogP contribution in [0.1, 0.15) is 11.1 Å². The van der Waals surface area contributed by atoms with Crippen molar-refractivity contribution in [2.24, 2.45) is 0 Å². The summed E-state index contributed by atoms with van der Waals surface area (Å²) in [7, 11) is 1.40. The molecule has 7 heteroatoms. The molecule has 0 aliphatic heterocycles. The maximum absolute atomic E-state index is 12.3. The van der Waals surface area contributed by atoms with Crippen LogP contribution < -0.4 is 20.1 Å². The Kier molecular flexibility index (Phi) is 6.31. The third-order valence-electron chi connectivity index (χ3n) is 3.29. The summed E-state index contributed by atoms with van der Waals surface area (Å²) in [5, 5.41) is 6.64. The average Bonchev–Trinajstić information content (AvgIpc) is 2.55. The van der Waals surface area contributed by atoms with E-state index in [0.717, 1.165) is 16.8 Å². The van der Waals surface area contributed by atoms with Gasteiger partial charge >= 0.3 is 6.61 Å². The van der Waals surface area contributed by atoms with Crippen molar-refractivity contribution in [3.05, 3.63) is 53.6 Å². The molecule has 0 aliphatic carbocycles. The van der Waals surface area contributed by atoms with Gasteiger partial charge in [0.05, 0.1) is 7.11 Å². The highest BCUT2D eigenvalue weighted by molar-refractivity contribution is 7.80. The van der Waals surface area contributed by atoms with E-state index in [9.17, 15) is 8.78 Å². The first-order valence-corrected chi connectivity index (χ1v) is 7.62. The number of halogens is 2. The predicted octanol–water partition coefficient (Wildman–Crippen LogP) is 4.09. The zero-order valence-corrected chi connectivity index (χ0v) is 14.1. The molecule has 24 heavy (non-hydrogen) atoms. The molecule has 2 aromatic rings. The van der Waals surface area contributed by atoms with Crippen molar-refractivity contribution in [1.82, 2.24) is 5.32 Å². The third kappa shape index (κ3) is 5.06. The van der Waals surface area contributed by atoms with E-state index in [1.165, 1.54) is 13.2 Å². The molecular weight excluding hydrogens is 334 g/mol. The average molecular weight is 352 g/mol. The Hall–Kier alpha value is -2.41. The van der Waals surface area contributed by atoms with Crippen LogP contribution >= 0.6 is 12.2 Å². The normalized spacial score (nSPS) is 10.4. The van der Waals surface area contributed by atoms with E-state index in [4.69, 9.17) is 17.0 Å². The number of rotatable bonds is 6. The summed E-state index contributed by atoms with van der Waals surface area (Å²) < 4.78 is 34.1. The minimum absolute atomic E-state index is 0.00291. The van der Waals surface area contributed by atoms with E-state index in [1.807, 2.05) is 31.2 Å². The number of thiocarbonyl (C=S) groups is 1. The van der Waals surface area contributed by atoms with E-state index in [2.05, 4.69) is 15.4 Å². The number of para-hydroxylation sites is 1. The zero-order valence-electron chi connectivity index (χ0n) is 13.3. The van der Waals surface area contributed by atoms with Crippen LogP contribution in [-0.2, 0) is 6.54 Å². The minimum Gasteiger partial charge on any atom is -0.493 e. The molecule has 2 rings (SSSR count). The fourth-order valence-corrected chi connectivity index (χ4v) is 2.26. The van der Waals surface area contributed by atoms with Gasteiger partial charge in [-0.1, -0.05) is 24.3 Å². The van der Waals surface area contributed by atoms with Crippen LogP contribution in [0, 0.1) is 6.92 Å². The second kappa shape index (κ2) is 8.44. The van der Waals surface area contributed by atoms with Gasteiger partial charge in [-0.25, -0.2) is 0 Å². The van der Waals surface area contributed by atoms with Crippen molar-refractivity contribution in [1.29, 1.82) is 0 Å². The van der Waals surface area contributed by atoms with Crippen LogP contribution in [0.2, 0.25) is 0 Å². The van der Waals surface area contributed by atoms with E-state index in [-0.39, 0.29) is 11.5 Å². The second-order valence-corrected chi connectivity index (χ2v) is 5.39. The van der Waals surface area contributed by atoms with Crippen molar-refractivity contribution >= 4 is 23.0 Å². The molecule has 2 N–H and O–H groups in total. The fourth-order valence-electron chi connectivity index (χ4n) is 2.08. The molecule has 2 aromatic carbocycles. The van der Waals surface area contributed by atoms with E-state index >= 15 is 0 Å². The molecule has 0 unspecified atom stereocenters. The summed E-state index contributed by atoms with van der Waals surface area (Å²) in [6.45, 7) is -0.491. The molecule has 0 aliphatic rings. The monoisotopic (exact) mass is 352 g/mol. The lowest BCUT2D eigenvalue weighted by atomic mass is 10.2. The molecule has 0 radical (unpaired) electrons. The van der Waals surface area contributed by atoms with Gasteiger partial charge < -0.3 is 20.1 Å². The lowest BCUT2D eigenvalue weighted by molar-refractivity contribution is -0.0512. The molecule has 0 saturated heterocycles.